The van der Waals surface area contributed by atoms with Gasteiger partial charge >= 0.3 is 6.09 Å². The molecule has 25 heavy (non-hydrogen) atoms. The van der Waals surface area contributed by atoms with E-state index in [4.69, 9.17) is 4.74 Å². The fourth-order valence-electron chi connectivity index (χ4n) is 3.50. The monoisotopic (exact) mass is 362 g/mol. The van der Waals surface area contributed by atoms with Gasteiger partial charge in [0.1, 0.15) is 0 Å². The highest BCUT2D eigenvalue weighted by Gasteiger charge is 2.34. The van der Waals surface area contributed by atoms with Crippen molar-refractivity contribution in [2.24, 2.45) is 5.92 Å². The van der Waals surface area contributed by atoms with Crippen molar-refractivity contribution >= 4 is 29.4 Å². The van der Waals surface area contributed by atoms with E-state index in [1.165, 1.54) is 4.90 Å². The number of fused-ring (bicyclic) bond motifs is 1. The van der Waals surface area contributed by atoms with Crippen molar-refractivity contribution in [3.05, 3.63) is 24.3 Å². The Hall–Kier alpha value is -1.69. The molecule has 1 aromatic carbocycles. The SMILES string of the molecule is CCOC(=O)N1CCCC(C(=O)N2CCC(C)Sc3ccccc32)C1. The van der Waals surface area contributed by atoms with E-state index in [0.29, 0.717) is 24.9 Å². The summed E-state index contributed by atoms with van der Waals surface area (Å²) in [5.74, 6) is -0.0132. The van der Waals surface area contributed by atoms with Crippen LogP contribution in [0.4, 0.5) is 10.5 Å². The first-order valence-corrected chi connectivity index (χ1v) is 9.97. The third-order valence-electron chi connectivity index (χ3n) is 4.81. The smallest absolute Gasteiger partial charge is 0.409 e. The number of amides is 2. The van der Waals surface area contributed by atoms with Gasteiger partial charge in [-0.05, 0) is 38.3 Å². The lowest BCUT2D eigenvalue weighted by atomic mass is 9.96. The maximum Gasteiger partial charge on any atom is 0.409 e. The molecule has 0 saturated carbocycles. The largest absolute Gasteiger partial charge is 0.450 e. The van der Waals surface area contributed by atoms with Crippen molar-refractivity contribution in [2.75, 3.05) is 31.1 Å². The molecule has 0 aliphatic carbocycles. The zero-order valence-electron chi connectivity index (χ0n) is 14.9. The predicted octanol–water partition coefficient (Wildman–Crippen LogP) is 3.77. The molecule has 2 atom stereocenters. The third kappa shape index (κ3) is 4.11. The highest BCUT2D eigenvalue weighted by atomic mass is 32.2. The van der Waals surface area contributed by atoms with Gasteiger partial charge in [-0.2, -0.15) is 0 Å². The first-order chi connectivity index (χ1) is 12.1. The van der Waals surface area contributed by atoms with E-state index >= 15 is 0 Å². The van der Waals surface area contributed by atoms with E-state index in [-0.39, 0.29) is 17.9 Å². The number of carbonyl (C=O) groups is 2. The van der Waals surface area contributed by atoms with Gasteiger partial charge in [-0.1, -0.05) is 19.1 Å². The molecule has 1 saturated heterocycles. The van der Waals surface area contributed by atoms with E-state index in [2.05, 4.69) is 13.0 Å². The molecule has 136 valence electrons. The van der Waals surface area contributed by atoms with E-state index in [0.717, 1.165) is 31.5 Å². The van der Waals surface area contributed by atoms with Crippen LogP contribution in [-0.4, -0.2) is 48.4 Å². The van der Waals surface area contributed by atoms with Gasteiger partial charge in [0, 0.05) is 29.8 Å². The van der Waals surface area contributed by atoms with Gasteiger partial charge in [0.2, 0.25) is 5.91 Å². The van der Waals surface area contributed by atoms with Crippen LogP contribution >= 0.6 is 11.8 Å². The van der Waals surface area contributed by atoms with Gasteiger partial charge in [-0.15, -0.1) is 11.8 Å². The quantitative estimate of drug-likeness (QED) is 0.803. The maximum atomic E-state index is 13.2. The summed E-state index contributed by atoms with van der Waals surface area (Å²) in [7, 11) is 0. The Morgan fingerprint density at radius 2 is 2.04 bits per heavy atom. The molecule has 1 aromatic rings. The van der Waals surface area contributed by atoms with Crippen molar-refractivity contribution in [3.63, 3.8) is 0 Å². The Bertz CT molecular complexity index is 637. The first-order valence-electron chi connectivity index (χ1n) is 9.09. The Labute approximate surface area is 153 Å². The molecule has 6 heteroatoms. The first kappa shape index (κ1) is 18.1. The molecule has 2 aliphatic heterocycles. The lowest BCUT2D eigenvalue weighted by Crippen LogP contribution is -2.47. The summed E-state index contributed by atoms with van der Waals surface area (Å²) in [5, 5.41) is 0.487. The number of hydrogen-bond donors (Lipinski definition) is 0. The number of likely N-dealkylation sites (tertiary alicyclic amines) is 1. The average molecular weight is 362 g/mol. The summed E-state index contributed by atoms with van der Waals surface area (Å²) in [5.41, 5.74) is 1.01. The van der Waals surface area contributed by atoms with Crippen LogP contribution < -0.4 is 4.90 Å². The number of thioether (sulfide) groups is 1. The molecular formula is C19H26N2O3S. The maximum absolute atomic E-state index is 13.2. The lowest BCUT2D eigenvalue weighted by molar-refractivity contribution is -0.123. The molecule has 2 unspecified atom stereocenters. The number of hydrogen-bond acceptors (Lipinski definition) is 4. The Morgan fingerprint density at radius 3 is 2.84 bits per heavy atom. The molecule has 0 bridgehead atoms. The van der Waals surface area contributed by atoms with Gasteiger partial charge in [0.15, 0.2) is 0 Å². The number of anilines is 1. The fraction of sp³-hybridized carbons (Fsp3) is 0.579. The van der Waals surface area contributed by atoms with Crippen LogP contribution in [0.5, 0.6) is 0 Å². The number of piperidine rings is 1. The zero-order valence-corrected chi connectivity index (χ0v) is 15.8. The summed E-state index contributed by atoms with van der Waals surface area (Å²) in [6.07, 6.45) is 2.34. The molecule has 1 fully saturated rings. The second-order valence-electron chi connectivity index (χ2n) is 6.66. The molecule has 2 aliphatic rings. The minimum absolute atomic E-state index is 0.135. The average Bonchev–Trinajstić information content (AvgIpc) is 2.79. The highest BCUT2D eigenvalue weighted by Crippen LogP contribution is 2.38. The van der Waals surface area contributed by atoms with Crippen LogP contribution in [0.15, 0.2) is 29.2 Å². The molecule has 0 aromatic heterocycles. The number of nitrogens with zero attached hydrogens (tertiary/aromatic N) is 2. The van der Waals surface area contributed by atoms with Gasteiger partial charge in [-0.3, -0.25) is 4.79 Å². The molecular weight excluding hydrogens is 336 g/mol. The van der Waals surface area contributed by atoms with Crippen LogP contribution in [-0.2, 0) is 9.53 Å². The normalized spacial score (nSPS) is 23.6. The summed E-state index contributed by atoms with van der Waals surface area (Å²) in [6, 6.07) is 8.13. The molecule has 0 spiro atoms. The zero-order chi connectivity index (χ0) is 17.8. The minimum atomic E-state index is -0.305. The Kier molecular flexibility index (Phi) is 5.89. The molecule has 5 nitrogen and oxygen atoms in total. The number of rotatable bonds is 2. The van der Waals surface area contributed by atoms with Crippen molar-refractivity contribution < 1.29 is 14.3 Å². The summed E-state index contributed by atoms with van der Waals surface area (Å²) < 4.78 is 5.10. The Morgan fingerprint density at radius 1 is 1.24 bits per heavy atom. The van der Waals surface area contributed by atoms with Crippen molar-refractivity contribution in [1.29, 1.82) is 0 Å². The lowest BCUT2D eigenvalue weighted by Gasteiger charge is -2.34. The standard InChI is InChI=1S/C19H26N2O3S/c1-3-24-19(23)20-11-6-7-15(13-20)18(22)21-12-10-14(2)25-17-9-5-4-8-16(17)21/h4-5,8-9,14-15H,3,6-7,10-13H2,1-2H3. The van der Waals surface area contributed by atoms with Gasteiger partial charge in [-0.25, -0.2) is 4.79 Å². The van der Waals surface area contributed by atoms with E-state index < -0.39 is 0 Å². The van der Waals surface area contributed by atoms with Crippen LogP contribution in [0.2, 0.25) is 0 Å². The van der Waals surface area contributed by atoms with E-state index in [1.54, 1.807) is 11.8 Å². The van der Waals surface area contributed by atoms with Crippen LogP contribution in [0.1, 0.15) is 33.1 Å². The van der Waals surface area contributed by atoms with E-state index in [9.17, 15) is 9.59 Å². The van der Waals surface area contributed by atoms with Crippen LogP contribution in [0, 0.1) is 5.92 Å². The summed E-state index contributed by atoms with van der Waals surface area (Å²) >= 11 is 1.83. The molecule has 0 N–H and O–H groups in total. The molecule has 3 rings (SSSR count). The van der Waals surface area contributed by atoms with Gasteiger partial charge in [0.05, 0.1) is 18.2 Å². The summed E-state index contributed by atoms with van der Waals surface area (Å²) in [6.45, 7) is 6.24. The van der Waals surface area contributed by atoms with Crippen molar-refractivity contribution in [3.8, 4) is 0 Å². The molecule has 2 heterocycles. The summed E-state index contributed by atoms with van der Waals surface area (Å²) in [4.78, 5) is 30.0. The van der Waals surface area contributed by atoms with Crippen LogP contribution in [0.25, 0.3) is 0 Å². The second kappa shape index (κ2) is 8.13. The van der Waals surface area contributed by atoms with Crippen molar-refractivity contribution in [2.45, 2.75) is 43.3 Å². The molecule has 2 amide bonds. The Balaban J connectivity index is 1.77. The van der Waals surface area contributed by atoms with Crippen LogP contribution in [0.3, 0.4) is 0 Å². The van der Waals surface area contributed by atoms with Crippen molar-refractivity contribution in [1.82, 2.24) is 4.90 Å². The minimum Gasteiger partial charge on any atom is -0.450 e. The third-order valence-corrected chi connectivity index (χ3v) is 6.04. The number of benzene rings is 1. The number of ether oxygens (including phenoxy) is 1. The number of carbonyl (C=O) groups excluding carboxylic acids is 2. The highest BCUT2D eigenvalue weighted by molar-refractivity contribution is 8.00. The second-order valence-corrected chi connectivity index (χ2v) is 8.14. The topological polar surface area (TPSA) is 49.9 Å². The van der Waals surface area contributed by atoms with Gasteiger partial charge in [0.25, 0.3) is 0 Å². The fourth-order valence-corrected chi connectivity index (χ4v) is 4.61. The predicted molar refractivity (Wildman–Crippen MR) is 100 cm³/mol. The number of para-hydroxylation sites is 1. The molecule has 0 radical (unpaired) electrons. The van der Waals surface area contributed by atoms with Gasteiger partial charge < -0.3 is 14.5 Å². The van der Waals surface area contributed by atoms with E-state index in [1.807, 2.05) is 34.9 Å².